The molecule has 9 heterocycles. The van der Waals surface area contributed by atoms with Crippen LogP contribution in [0.3, 0.4) is 0 Å². The van der Waals surface area contributed by atoms with E-state index in [0.29, 0.717) is 115 Å². The second-order valence-corrected chi connectivity index (χ2v) is 41.4. The molecule has 6 aromatic rings. The number of fused-ring (bicyclic) bond motifs is 12. The summed E-state index contributed by atoms with van der Waals surface area (Å²) in [6.07, 6.45) is 20.5. The Hall–Kier alpha value is -11.4. The maximum atomic E-state index is 14.1. The van der Waals surface area contributed by atoms with Crippen LogP contribution >= 0.6 is 0 Å². The largest absolute Gasteiger partial charge is 0.451 e. The summed E-state index contributed by atoms with van der Waals surface area (Å²) in [6.45, 7) is 31.2. The van der Waals surface area contributed by atoms with Crippen molar-refractivity contribution in [3.05, 3.63) is 143 Å². The third kappa shape index (κ3) is 24.3. The van der Waals surface area contributed by atoms with Crippen LogP contribution < -0.4 is 48.2 Å². The maximum Gasteiger partial charge on any atom is 0.316 e. The van der Waals surface area contributed by atoms with E-state index in [0.717, 1.165) is 86.5 Å². The number of nitrogens with zero attached hydrogens (tertiary/aromatic N) is 6. The fraction of sp³-hybridized carbons (Fsp3) is 0.567. The van der Waals surface area contributed by atoms with Gasteiger partial charge in [0.15, 0.2) is 18.3 Å². The number of methoxy groups -OCH3 is 1. The topological polar surface area (TPSA) is 398 Å². The number of hydrogen-bond donors (Lipinski definition) is 9. The summed E-state index contributed by atoms with van der Waals surface area (Å²) in [7, 11) is 1.68. The molecule has 3 spiro atoms. The van der Waals surface area contributed by atoms with Gasteiger partial charge in [0.05, 0.1) is 74.1 Å². The second-order valence-electron chi connectivity index (χ2n) is 41.4. The first-order valence-electron chi connectivity index (χ1n) is 48.5. The number of aromatic nitrogens is 3. The quantitative estimate of drug-likeness (QED) is 0.0584. The highest BCUT2D eigenvalue weighted by molar-refractivity contribution is 5.96. The molecule has 9 aliphatic rings. The van der Waals surface area contributed by atoms with Crippen LogP contribution in [0.4, 0.5) is 0 Å². The summed E-state index contributed by atoms with van der Waals surface area (Å²) in [6, 6.07) is 23.9. The lowest BCUT2D eigenvalue weighted by molar-refractivity contribution is -0.170. The molecule has 15 rings (SSSR count). The van der Waals surface area contributed by atoms with E-state index in [1.807, 2.05) is 190 Å². The molecular weight excluding hydrogens is 1720 g/mol. The molecule has 6 fully saturated rings. The minimum atomic E-state index is -1.09. The minimum absolute atomic E-state index is 0.0480. The van der Waals surface area contributed by atoms with Crippen molar-refractivity contribution in [2.45, 2.75) is 305 Å². The highest BCUT2D eigenvalue weighted by atomic mass is 16.6. The van der Waals surface area contributed by atoms with Crippen molar-refractivity contribution in [3.63, 3.8) is 0 Å². The zero-order valence-electron chi connectivity index (χ0n) is 81.4. The molecular formula is C104H139N15O16. The number of benzene rings is 3. The summed E-state index contributed by atoms with van der Waals surface area (Å²) in [5.41, 5.74) is 13.3. The number of carbonyl (C=O) groups excluding carboxylic acids is 12. The van der Waals surface area contributed by atoms with Crippen LogP contribution in [-0.2, 0) is 76.5 Å². The fourth-order valence-corrected chi connectivity index (χ4v) is 20.1. The number of cyclic esters (lactones) is 3. The summed E-state index contributed by atoms with van der Waals surface area (Å²) in [5, 5.41) is 24.5. The van der Waals surface area contributed by atoms with Crippen molar-refractivity contribution >= 4 is 122 Å². The standard InChI is InChI=1S/2C35H47N5O5.C34H45N5O6/c2*1-21(2)29-31(42)37-23(4)32(43)40-18-7-9-27(39-40)30(41)36-22(3)26-13-12-25-11-10-24(19-28(25)38-26)14-17-35(33(44)45-29)16-8-15-34(5,6)20-35;1-20(2)29-31(41)36-22(4)32(42)39-18-6-7-27(38-39)30(40)35-21(3)26-11-10-24-9-8-23(19-28(24)37-26)12-15-34(33(43)45-29)16-13-25(44-5)14-17-34/h2*10-14,17,19,21-23,27,29,39H,7-9,15-16,18,20H2,1-6H3,(H,36,41)(H,37,42);8-12,15,19-22,25,27,29,38H,6-7,13-14,16-18H2,1-5H3,(H,35,40)(H,36,41)/b2*17-14+;15-12+/t22-,23+,27+,29+,35+;22-,23+,27+,29+,35-;21-,22+,25?,27+,29+,34?/m111/s1. The number of carbonyl (C=O) groups is 12. The van der Waals surface area contributed by atoms with Crippen LogP contribution in [0.5, 0.6) is 0 Å². The molecule has 6 aliphatic heterocycles. The van der Waals surface area contributed by atoms with Crippen molar-refractivity contribution < 1.29 is 76.5 Å². The lowest BCUT2D eigenvalue weighted by Crippen LogP contribution is -2.61. The lowest BCUT2D eigenvalue weighted by atomic mass is 9.63. The monoisotopic (exact) mass is 1850 g/mol. The number of esters is 3. The van der Waals surface area contributed by atoms with Gasteiger partial charge in [-0.05, 0) is 226 Å². The van der Waals surface area contributed by atoms with Gasteiger partial charge in [0.2, 0.25) is 17.7 Å². The van der Waals surface area contributed by atoms with Crippen molar-refractivity contribution in [2.75, 3.05) is 26.7 Å². The molecule has 31 nitrogen and oxygen atoms in total. The molecule has 9 amide bonds. The highest BCUT2D eigenvalue weighted by Crippen LogP contribution is 2.51. The summed E-state index contributed by atoms with van der Waals surface area (Å²) in [4.78, 5) is 177. The van der Waals surface area contributed by atoms with Gasteiger partial charge in [-0.3, -0.25) is 87.5 Å². The number of nitrogens with one attached hydrogen (secondary N) is 9. The summed E-state index contributed by atoms with van der Waals surface area (Å²) >= 11 is 0. The smallest absolute Gasteiger partial charge is 0.316 e. The number of hydrazine groups is 3. The molecule has 135 heavy (non-hydrogen) atoms. The van der Waals surface area contributed by atoms with Gasteiger partial charge in [0, 0.05) is 42.9 Å². The predicted octanol–water partition coefficient (Wildman–Crippen LogP) is 12.8. The van der Waals surface area contributed by atoms with E-state index in [4.69, 9.17) is 33.9 Å². The normalized spacial score (nSPS) is 30.8. The van der Waals surface area contributed by atoms with Gasteiger partial charge in [-0.2, -0.15) is 0 Å². The third-order valence-corrected chi connectivity index (χ3v) is 28.1. The zero-order chi connectivity index (χ0) is 97.3. The third-order valence-electron chi connectivity index (χ3n) is 28.1. The molecule has 3 aromatic heterocycles. The van der Waals surface area contributed by atoms with Gasteiger partial charge < -0.3 is 50.8 Å². The van der Waals surface area contributed by atoms with Gasteiger partial charge in [0.25, 0.3) is 35.4 Å². The Bertz CT molecular complexity index is 5300. The molecule has 3 saturated carbocycles. The Kier molecular flexibility index (Phi) is 32.1. The van der Waals surface area contributed by atoms with Crippen LogP contribution in [0.1, 0.15) is 278 Å². The number of amides is 9. The molecule has 3 aromatic carbocycles. The van der Waals surface area contributed by atoms with Crippen molar-refractivity contribution in [2.24, 2.45) is 44.8 Å². The van der Waals surface area contributed by atoms with E-state index >= 15 is 0 Å². The highest BCUT2D eigenvalue weighted by Gasteiger charge is 2.51. The number of pyridine rings is 3. The number of hydrogen-bond acceptors (Lipinski definition) is 22. The van der Waals surface area contributed by atoms with Crippen LogP contribution in [0.2, 0.25) is 0 Å². The Morgan fingerprint density at radius 3 is 0.919 bits per heavy atom. The predicted molar refractivity (Wildman–Crippen MR) is 514 cm³/mol. The van der Waals surface area contributed by atoms with Crippen LogP contribution in [-0.4, -0.2) is 188 Å². The van der Waals surface area contributed by atoms with Crippen LogP contribution in [0.25, 0.3) is 50.9 Å². The molecule has 3 aliphatic carbocycles. The lowest BCUT2D eigenvalue weighted by Gasteiger charge is -2.42. The summed E-state index contributed by atoms with van der Waals surface area (Å²) in [5.74, 6) is -5.67. The van der Waals surface area contributed by atoms with Crippen molar-refractivity contribution in [1.29, 1.82) is 0 Å². The SMILES string of the molecule is CC(C)[C@@H]1OC(=O)[C@@]2(/C=C/c3ccc4ccc(nc4c3)[C@@H](C)NC(=O)[C@@H]3CCCN(N3)C(=O)[C@H](C)NC1=O)CCCC(C)(C)C2.CC(C)[C@@H]1OC(=O)[C@]2(/C=C/c3ccc4ccc(nc4c3)[C@@H](C)NC(=O)[C@@H]3CCCN(N3)C(=O)[C@H](C)NC1=O)CCCC(C)(C)C2.COC1CCC2(/C=C/c3ccc4ccc(nc4c3)[C@@H](C)NC(=O)[C@@H]3CCCN(N3)C(=O)[C@H](C)NC(=O)[C@H](C(C)C)OC2=O)CC1. The molecule has 9 N–H and O–H groups in total. The first kappa shape index (κ1) is 101. The fourth-order valence-electron chi connectivity index (χ4n) is 20.1. The molecule has 0 unspecified atom stereocenters. The molecule has 15 bridgehead atoms. The van der Waals surface area contributed by atoms with E-state index in [1.54, 1.807) is 27.9 Å². The average Bonchev–Trinajstić information content (AvgIpc) is 0.871. The Balaban J connectivity index is 0.000000171. The Labute approximate surface area is 792 Å². The molecule has 3 saturated heterocycles. The molecule has 0 radical (unpaired) electrons. The van der Waals surface area contributed by atoms with E-state index < -0.39 is 106 Å². The van der Waals surface area contributed by atoms with Gasteiger partial charge in [-0.1, -0.05) is 173 Å². The molecule has 726 valence electrons. The molecule has 31 heteroatoms. The van der Waals surface area contributed by atoms with Gasteiger partial charge >= 0.3 is 17.9 Å². The van der Waals surface area contributed by atoms with E-state index in [2.05, 4.69) is 75.9 Å². The van der Waals surface area contributed by atoms with Gasteiger partial charge in [-0.25, -0.2) is 16.3 Å². The molecule has 14 atom stereocenters. The Morgan fingerprint density at radius 1 is 0.348 bits per heavy atom. The first-order valence-corrected chi connectivity index (χ1v) is 48.5. The Morgan fingerprint density at radius 2 is 0.630 bits per heavy atom. The number of ether oxygens (including phenoxy) is 4. The average molecular weight is 1860 g/mol. The van der Waals surface area contributed by atoms with Crippen molar-refractivity contribution in [3.8, 4) is 0 Å². The first-order chi connectivity index (χ1) is 64.0. The van der Waals surface area contributed by atoms with E-state index in [-0.39, 0.29) is 88.3 Å². The maximum absolute atomic E-state index is 14.1. The van der Waals surface area contributed by atoms with E-state index in [9.17, 15) is 57.5 Å². The second kappa shape index (κ2) is 42.9. The van der Waals surface area contributed by atoms with Crippen molar-refractivity contribution in [1.82, 2.24) is 78.2 Å². The van der Waals surface area contributed by atoms with E-state index in [1.165, 1.54) is 15.0 Å². The number of rotatable bonds is 4. The minimum Gasteiger partial charge on any atom is -0.451 e. The van der Waals surface area contributed by atoms with Gasteiger partial charge in [-0.15, -0.1) is 0 Å². The van der Waals surface area contributed by atoms with Crippen LogP contribution in [0, 0.1) is 44.8 Å². The zero-order valence-corrected chi connectivity index (χ0v) is 81.4. The van der Waals surface area contributed by atoms with Crippen LogP contribution in [0.15, 0.2) is 109 Å². The van der Waals surface area contributed by atoms with Gasteiger partial charge in [0.1, 0.15) is 36.3 Å². The summed E-state index contributed by atoms with van der Waals surface area (Å²) < 4.78 is 23.7.